The Kier molecular flexibility index (Phi) is 22.1. The summed E-state index contributed by atoms with van der Waals surface area (Å²) >= 11 is 0. The molecule has 21 nitrogen and oxygen atoms in total. The van der Waals surface area contributed by atoms with Gasteiger partial charge in [0.05, 0.1) is 57.1 Å². The minimum absolute atomic E-state index is 0.0209. The second kappa shape index (κ2) is 30.8. The van der Waals surface area contributed by atoms with Crippen LogP contribution >= 0.6 is 0 Å². The molecule has 2 aliphatic heterocycles. The number of nitrogens with one attached hydrogen (secondary N) is 1. The fraction of sp³-hybridized carbons (Fsp3) is 0.303. The van der Waals surface area contributed by atoms with Crippen molar-refractivity contribution in [2.24, 2.45) is 0 Å². The van der Waals surface area contributed by atoms with E-state index in [1.165, 1.54) is 68.0 Å². The van der Waals surface area contributed by atoms with Gasteiger partial charge in [0.25, 0.3) is 5.79 Å². The van der Waals surface area contributed by atoms with Gasteiger partial charge in [0, 0.05) is 26.4 Å². The Morgan fingerprint density at radius 3 is 1.55 bits per heavy atom. The third kappa shape index (κ3) is 16.7. The predicted octanol–water partition coefficient (Wildman–Crippen LogP) is 7.62. The van der Waals surface area contributed by atoms with Crippen LogP contribution in [0.25, 0.3) is 0 Å². The van der Waals surface area contributed by atoms with Crippen molar-refractivity contribution in [3.05, 3.63) is 240 Å². The van der Waals surface area contributed by atoms with E-state index >= 15 is 4.79 Å². The number of amides is 1. The third-order valence-corrected chi connectivity index (χ3v) is 14.2. The predicted molar refractivity (Wildman–Crippen MR) is 308 cm³/mol. The van der Waals surface area contributed by atoms with Crippen LogP contribution in [0.1, 0.15) is 71.7 Å². The van der Waals surface area contributed by atoms with E-state index in [2.05, 4.69) is 15.3 Å². The second-order valence-corrected chi connectivity index (χ2v) is 20.1. The molecule has 2 fully saturated rings. The van der Waals surface area contributed by atoms with E-state index in [0.717, 1.165) is 30.7 Å². The lowest BCUT2D eigenvalue weighted by molar-refractivity contribution is -0.347. The van der Waals surface area contributed by atoms with Crippen LogP contribution in [0.5, 0.6) is 0 Å². The summed E-state index contributed by atoms with van der Waals surface area (Å²) in [6.45, 7) is -0.114. The minimum Gasteiger partial charge on any atom is -0.465 e. The van der Waals surface area contributed by atoms with E-state index < -0.39 is 122 Å². The molecule has 9 rings (SSSR count). The molecule has 0 bridgehead atoms. The van der Waals surface area contributed by atoms with E-state index in [-0.39, 0.29) is 42.3 Å². The molecule has 1 amide bonds. The summed E-state index contributed by atoms with van der Waals surface area (Å²) in [5, 5.41) is 2.77. The molecule has 2 saturated heterocycles. The molecule has 0 radical (unpaired) electrons. The highest BCUT2D eigenvalue weighted by atomic mass is 16.8. The fourth-order valence-electron chi connectivity index (χ4n) is 9.96. The summed E-state index contributed by atoms with van der Waals surface area (Å²) < 4.78 is 77.0. The van der Waals surface area contributed by atoms with E-state index in [1.54, 1.807) is 48.5 Å². The minimum atomic E-state index is -2.74. The number of hydrogen-bond acceptors (Lipinski definition) is 20. The van der Waals surface area contributed by atoms with Gasteiger partial charge in [0.1, 0.15) is 54.6 Å². The van der Waals surface area contributed by atoms with Crippen molar-refractivity contribution in [1.82, 2.24) is 15.3 Å². The van der Waals surface area contributed by atoms with Crippen LogP contribution in [0.4, 0.5) is 0 Å². The number of pyridine rings is 2. The molecular weight excluding hydrogens is 1120 g/mol. The van der Waals surface area contributed by atoms with E-state index in [9.17, 15) is 24.0 Å². The molecule has 7 aromatic rings. The number of benzene rings is 5. The normalized spacial score (nSPS) is 22.3. The summed E-state index contributed by atoms with van der Waals surface area (Å²) in [6, 6.07) is 51.2. The Labute approximate surface area is 502 Å². The van der Waals surface area contributed by atoms with Gasteiger partial charge in [-0.25, -0.2) is 33.9 Å². The van der Waals surface area contributed by atoms with Crippen molar-refractivity contribution in [2.75, 3.05) is 27.4 Å². The number of ether oxygens (including phenoxy) is 12. The molecular formula is C66H65N3O18. The van der Waals surface area contributed by atoms with E-state index in [0.29, 0.717) is 0 Å². The molecule has 87 heavy (non-hydrogen) atoms. The summed E-state index contributed by atoms with van der Waals surface area (Å²) in [6.07, 6.45) is -11.2. The van der Waals surface area contributed by atoms with Crippen molar-refractivity contribution in [1.29, 1.82) is 0 Å². The molecule has 21 heteroatoms. The molecule has 4 heterocycles. The summed E-state index contributed by atoms with van der Waals surface area (Å²) in [7, 11) is 2.49. The summed E-state index contributed by atoms with van der Waals surface area (Å²) in [5.74, 6) is -8.74. The molecule has 1 N–H and O–H groups in total. The van der Waals surface area contributed by atoms with Gasteiger partial charge in [0.15, 0.2) is 18.5 Å². The maximum absolute atomic E-state index is 15.1. The Bertz CT molecular complexity index is 3320. The van der Waals surface area contributed by atoms with E-state index in [1.807, 2.05) is 91.0 Å². The molecule has 0 spiro atoms. The van der Waals surface area contributed by atoms with Crippen LogP contribution < -0.4 is 5.32 Å². The lowest BCUT2D eigenvalue weighted by Crippen LogP contribution is -2.70. The zero-order valence-corrected chi connectivity index (χ0v) is 47.8. The van der Waals surface area contributed by atoms with Crippen molar-refractivity contribution < 1.29 is 85.6 Å². The second-order valence-electron chi connectivity index (χ2n) is 20.1. The first-order valence-electron chi connectivity index (χ1n) is 28.0. The van der Waals surface area contributed by atoms with Crippen LogP contribution in [0, 0.1) is 0 Å². The highest BCUT2D eigenvalue weighted by molar-refractivity contribution is 5.91. The topological polar surface area (TPSA) is 251 Å². The Hall–Kier alpha value is -9.06. The van der Waals surface area contributed by atoms with Crippen LogP contribution in [0.15, 0.2) is 200 Å². The molecule has 5 aromatic carbocycles. The zero-order chi connectivity index (χ0) is 61.0. The maximum Gasteiger partial charge on any atom is 0.366 e. The highest BCUT2D eigenvalue weighted by Crippen LogP contribution is 2.40. The lowest BCUT2D eigenvalue weighted by atomic mass is 9.87. The van der Waals surface area contributed by atoms with Crippen LogP contribution in [0.2, 0.25) is 0 Å². The lowest BCUT2D eigenvalue weighted by Gasteiger charge is -2.49. The molecule has 452 valence electrons. The summed E-state index contributed by atoms with van der Waals surface area (Å²) in [5.41, 5.74) is 2.13. The number of carbonyl (C=O) groups is 6. The van der Waals surface area contributed by atoms with Crippen LogP contribution in [0.3, 0.4) is 0 Å². The average Bonchev–Trinajstić information content (AvgIpc) is 1.78. The van der Waals surface area contributed by atoms with Gasteiger partial charge < -0.3 is 62.2 Å². The monoisotopic (exact) mass is 1190 g/mol. The van der Waals surface area contributed by atoms with Crippen molar-refractivity contribution in [3.8, 4) is 0 Å². The van der Waals surface area contributed by atoms with Gasteiger partial charge in [-0.05, 0) is 65.2 Å². The smallest absolute Gasteiger partial charge is 0.366 e. The largest absolute Gasteiger partial charge is 0.465 e. The maximum atomic E-state index is 15.1. The number of nitrogens with zero attached hydrogens (tertiary/aromatic N) is 2. The molecule has 0 saturated carbocycles. The van der Waals surface area contributed by atoms with Crippen molar-refractivity contribution in [3.63, 3.8) is 0 Å². The Morgan fingerprint density at radius 1 is 0.575 bits per heavy atom. The first kappa shape index (κ1) is 62.5. The zero-order valence-electron chi connectivity index (χ0n) is 47.8. The average molecular weight is 1190 g/mol. The molecule has 2 aliphatic rings. The molecule has 0 aliphatic carbocycles. The number of esters is 5. The van der Waals surface area contributed by atoms with Crippen LogP contribution in [-0.4, -0.2) is 140 Å². The fourth-order valence-corrected chi connectivity index (χ4v) is 9.96. The van der Waals surface area contributed by atoms with Gasteiger partial charge >= 0.3 is 29.8 Å². The SMILES string of the molecule is COC(=O)[C@@]1(OC[C@H]2O[C@H](OC)[C@H](OCc3ccccc3)[C@@H](OCc3ccccc3)[C@H]2OCc2ccccc2)C[C@H](OC(=O)c2ccccc2)[C@@H](NC(C)=O)[C@H]([C@H](OC(=O)c2ccccn2)[C@@H](COC(=O)c2ccccc2)OC(=O)c2ccccn2)O1. The number of aromatic nitrogens is 2. The Balaban J connectivity index is 1.16. The Morgan fingerprint density at radius 2 is 1.06 bits per heavy atom. The van der Waals surface area contributed by atoms with Gasteiger partial charge in [-0.2, -0.15) is 0 Å². The van der Waals surface area contributed by atoms with Gasteiger partial charge in [-0.15, -0.1) is 0 Å². The first-order valence-corrected chi connectivity index (χ1v) is 28.0. The van der Waals surface area contributed by atoms with Crippen molar-refractivity contribution in [2.45, 2.75) is 100 Å². The van der Waals surface area contributed by atoms with Gasteiger partial charge in [0.2, 0.25) is 5.91 Å². The summed E-state index contributed by atoms with van der Waals surface area (Å²) in [4.78, 5) is 94.2. The van der Waals surface area contributed by atoms with Crippen LogP contribution in [-0.2, 0) is 86.3 Å². The van der Waals surface area contributed by atoms with Gasteiger partial charge in [-0.3, -0.25) is 4.79 Å². The number of carbonyl (C=O) groups excluding carboxylic acids is 6. The number of hydrogen-bond donors (Lipinski definition) is 1. The van der Waals surface area contributed by atoms with E-state index in [4.69, 9.17) is 56.8 Å². The first-order chi connectivity index (χ1) is 42.4. The quantitative estimate of drug-likeness (QED) is 0.0404. The molecule has 11 atom stereocenters. The number of rotatable bonds is 26. The standard InChI is InChI=1S/C66H65N3O18/c1-43(70)69-54-51(83-61(72)48-31-17-8-18-32-48)37-66(65(75)77-3,87-57(54)56(86-63(74)50-34-20-22-36-68-50)52(84-62(73)49-33-19-21-35-67-49)41-81-60(71)47-29-15-7-16-30-47)82-42-53-55(78-38-44-23-9-4-10-24-44)58(79-39-45-25-11-5-12-26-45)59(64(76-2)85-53)80-40-46-27-13-6-14-28-46/h4-36,51-59,64H,37-42H2,1-3H3,(H,69,70)/t51-,52+,53+,54+,55-,56+,57+,58-,59+,64-,66+/m0/s1. The van der Waals surface area contributed by atoms with Gasteiger partial charge in [-0.1, -0.05) is 140 Å². The highest BCUT2D eigenvalue weighted by Gasteiger charge is 2.61. The molecule has 0 unspecified atom stereocenters. The molecule has 2 aromatic heterocycles. The third-order valence-electron chi connectivity index (χ3n) is 14.2. The van der Waals surface area contributed by atoms with Crippen molar-refractivity contribution >= 4 is 35.8 Å². The number of methoxy groups -OCH3 is 2.